The fourth-order valence-corrected chi connectivity index (χ4v) is 2.06. The molecule has 4 heteroatoms. The van der Waals surface area contributed by atoms with E-state index in [0.29, 0.717) is 0 Å². The summed E-state index contributed by atoms with van der Waals surface area (Å²) in [5, 5.41) is 0. The first-order chi connectivity index (χ1) is 13.4. The normalized spacial score (nSPS) is 37.7. The van der Waals surface area contributed by atoms with Crippen LogP contribution in [-0.4, -0.2) is 31.5 Å². The van der Waals surface area contributed by atoms with Crippen molar-refractivity contribution >= 4 is 12.6 Å². The smallest absolute Gasteiger partial charge is 0.399 e. The minimum absolute atomic E-state index is 0.163. The van der Waals surface area contributed by atoms with Crippen LogP contribution in [0.3, 0.4) is 0 Å². The van der Waals surface area contributed by atoms with Gasteiger partial charge in [0, 0.05) is 20.1 Å². The monoisotopic (exact) mass is 297 g/mol. The summed E-state index contributed by atoms with van der Waals surface area (Å²) in [6.07, 6.45) is -5.18. The van der Waals surface area contributed by atoms with E-state index < -0.39 is 79.9 Å². The Morgan fingerprint density at radius 1 is 1.10 bits per heavy atom. The molecule has 0 amide bonds. The second-order valence-corrected chi connectivity index (χ2v) is 6.10. The SMILES string of the molecule is [2H]c1c([2H])c(C2([2H])C([2H])([2H])COCC2([2H])[2H])c([2H])c([2H])c1B1OC(C)(C)C(C)(C)O1. The summed E-state index contributed by atoms with van der Waals surface area (Å²) in [5.74, 6) is -2.72. The van der Waals surface area contributed by atoms with Gasteiger partial charge < -0.3 is 14.0 Å². The van der Waals surface area contributed by atoms with Crippen LogP contribution < -0.4 is 5.46 Å². The molecule has 114 valence electrons. The molecule has 0 saturated carbocycles. The molecule has 2 aliphatic rings. The molecule has 1 aromatic rings. The van der Waals surface area contributed by atoms with Crippen molar-refractivity contribution in [3.8, 4) is 0 Å². The topological polar surface area (TPSA) is 27.7 Å². The van der Waals surface area contributed by atoms with Gasteiger partial charge in [-0.05, 0) is 57.4 Å². The van der Waals surface area contributed by atoms with Crippen molar-refractivity contribution in [3.63, 3.8) is 0 Å². The van der Waals surface area contributed by atoms with Gasteiger partial charge in [0.15, 0.2) is 0 Å². The Morgan fingerprint density at radius 3 is 2.14 bits per heavy atom. The molecule has 2 aliphatic heterocycles. The molecule has 3 nitrogen and oxygen atoms in total. The molecule has 2 heterocycles. The summed E-state index contributed by atoms with van der Waals surface area (Å²) in [4.78, 5) is 0. The largest absolute Gasteiger partial charge is 0.494 e. The van der Waals surface area contributed by atoms with Crippen LogP contribution in [0.5, 0.6) is 0 Å². The summed E-state index contributed by atoms with van der Waals surface area (Å²) in [7, 11) is -1.19. The van der Waals surface area contributed by atoms with Crippen LogP contribution in [-0.2, 0) is 14.0 Å². The Kier molecular flexibility index (Phi) is 1.97. The van der Waals surface area contributed by atoms with Gasteiger partial charge in [0.1, 0.15) is 0 Å². The molecule has 0 unspecified atom stereocenters. The number of ether oxygens (including phenoxy) is 1. The quantitative estimate of drug-likeness (QED) is 0.786. The highest BCUT2D eigenvalue weighted by atomic mass is 16.7. The van der Waals surface area contributed by atoms with E-state index in [1.165, 1.54) is 0 Å². The first-order valence-electron chi connectivity index (χ1n) is 11.5. The van der Waals surface area contributed by atoms with Gasteiger partial charge in [-0.15, -0.1) is 0 Å². The van der Waals surface area contributed by atoms with Gasteiger partial charge in [0.25, 0.3) is 0 Å². The van der Waals surface area contributed by atoms with E-state index in [0.717, 1.165) is 0 Å². The van der Waals surface area contributed by atoms with Crippen molar-refractivity contribution < 1.29 is 26.4 Å². The third-order valence-corrected chi connectivity index (χ3v) is 4.09. The first-order valence-corrected chi connectivity index (χ1v) is 6.95. The molecule has 0 aromatic heterocycles. The fraction of sp³-hybridized carbons (Fsp3) is 0.647. The Balaban J connectivity index is 2.25. The fourth-order valence-electron chi connectivity index (χ4n) is 2.06. The molecular formula is C17H25BO3. The van der Waals surface area contributed by atoms with Gasteiger partial charge in [-0.1, -0.05) is 24.2 Å². The Morgan fingerprint density at radius 2 is 1.62 bits per heavy atom. The zero-order valence-electron chi connectivity index (χ0n) is 21.7. The van der Waals surface area contributed by atoms with E-state index in [-0.39, 0.29) is 5.46 Å². The number of hydrogen-bond donors (Lipinski definition) is 0. The number of hydrogen-bond acceptors (Lipinski definition) is 3. The summed E-state index contributed by atoms with van der Waals surface area (Å²) in [6, 6.07) is -2.47. The van der Waals surface area contributed by atoms with Gasteiger partial charge in [0.2, 0.25) is 0 Å². The summed E-state index contributed by atoms with van der Waals surface area (Å²) >= 11 is 0. The van der Waals surface area contributed by atoms with E-state index in [9.17, 15) is 0 Å². The first kappa shape index (κ1) is 7.63. The second kappa shape index (κ2) is 5.42. The lowest BCUT2D eigenvalue weighted by atomic mass is 9.78. The summed E-state index contributed by atoms with van der Waals surface area (Å²) in [5.41, 5.74) is -2.38. The van der Waals surface area contributed by atoms with Gasteiger partial charge in [-0.3, -0.25) is 0 Å². The minimum atomic E-state index is -2.72. The lowest BCUT2D eigenvalue weighted by Crippen LogP contribution is -2.41. The zero-order chi connectivity index (χ0) is 23.1. The highest BCUT2D eigenvalue weighted by molar-refractivity contribution is 6.62. The van der Waals surface area contributed by atoms with Crippen LogP contribution in [0.1, 0.15) is 64.2 Å². The summed E-state index contributed by atoms with van der Waals surface area (Å²) in [6.45, 7) is 5.91. The van der Waals surface area contributed by atoms with Crippen molar-refractivity contribution in [2.75, 3.05) is 13.2 Å². The molecule has 0 atom stereocenters. The lowest BCUT2D eigenvalue weighted by molar-refractivity contribution is 0.00578. The van der Waals surface area contributed by atoms with Crippen LogP contribution in [0.2, 0.25) is 0 Å². The number of rotatable bonds is 2. The van der Waals surface area contributed by atoms with Crippen LogP contribution in [0, 0.1) is 0 Å². The molecule has 0 aliphatic carbocycles. The predicted molar refractivity (Wildman–Crippen MR) is 85.0 cm³/mol. The molecule has 0 radical (unpaired) electrons. The molecule has 2 fully saturated rings. The average Bonchev–Trinajstić information content (AvgIpc) is 2.78. The third-order valence-electron chi connectivity index (χ3n) is 4.09. The maximum absolute atomic E-state index is 8.75. The molecule has 21 heavy (non-hydrogen) atoms. The van der Waals surface area contributed by atoms with Crippen molar-refractivity contribution in [1.82, 2.24) is 0 Å². The molecule has 3 rings (SSSR count). The van der Waals surface area contributed by atoms with E-state index in [2.05, 4.69) is 0 Å². The maximum Gasteiger partial charge on any atom is 0.494 e. The van der Waals surface area contributed by atoms with E-state index >= 15 is 0 Å². The predicted octanol–water partition coefficient (Wildman–Crippen LogP) is 2.88. The van der Waals surface area contributed by atoms with Gasteiger partial charge in [-0.25, -0.2) is 0 Å². The van der Waals surface area contributed by atoms with E-state index in [1.807, 2.05) is 0 Å². The molecule has 1 aromatic carbocycles. The highest BCUT2D eigenvalue weighted by Crippen LogP contribution is 2.36. The van der Waals surface area contributed by atoms with Crippen LogP contribution in [0.4, 0.5) is 0 Å². The van der Waals surface area contributed by atoms with Crippen molar-refractivity contribution in [2.24, 2.45) is 0 Å². The Labute approximate surface area is 140 Å². The van der Waals surface area contributed by atoms with Crippen LogP contribution >= 0.6 is 0 Å². The van der Waals surface area contributed by atoms with Gasteiger partial charge in [0.05, 0.1) is 16.7 Å². The molecule has 0 bridgehead atoms. The Bertz CT molecular complexity index is 827. The highest BCUT2D eigenvalue weighted by Gasteiger charge is 2.51. The second-order valence-electron chi connectivity index (χ2n) is 6.10. The molecule has 2 saturated heterocycles. The maximum atomic E-state index is 8.75. The molecule has 0 spiro atoms. The minimum Gasteiger partial charge on any atom is -0.399 e. The average molecular weight is 297 g/mol. The standard InChI is InChI=1S/C17H25BO3/c1-16(2)17(3,4)21-18(20-16)15-7-5-13(6-8-15)14-9-11-19-12-10-14/h5-8,14H,9-12H2,1-4H3/i5D,6D,7D,8D,9D2,10D2,14D. The Hall–Kier alpha value is -0.835. The zero-order valence-corrected chi connectivity index (χ0v) is 12.7. The van der Waals surface area contributed by atoms with Crippen molar-refractivity contribution in [1.29, 1.82) is 0 Å². The third kappa shape index (κ3) is 2.89. The van der Waals surface area contributed by atoms with Gasteiger partial charge >= 0.3 is 7.12 Å². The van der Waals surface area contributed by atoms with Crippen LogP contribution in [0.25, 0.3) is 0 Å². The van der Waals surface area contributed by atoms with Crippen molar-refractivity contribution in [3.05, 3.63) is 29.7 Å². The van der Waals surface area contributed by atoms with Crippen molar-refractivity contribution in [2.45, 2.75) is 57.5 Å². The van der Waals surface area contributed by atoms with E-state index in [1.54, 1.807) is 27.7 Å². The van der Waals surface area contributed by atoms with Crippen LogP contribution in [0.15, 0.2) is 24.2 Å². The molecule has 0 N–H and O–H groups in total. The van der Waals surface area contributed by atoms with E-state index in [4.69, 9.17) is 26.4 Å². The number of benzene rings is 1. The molecular weight excluding hydrogens is 263 g/mol. The lowest BCUT2D eigenvalue weighted by Gasteiger charge is -2.32. The summed E-state index contributed by atoms with van der Waals surface area (Å²) < 4.78 is 92.1. The van der Waals surface area contributed by atoms with Gasteiger partial charge in [-0.2, -0.15) is 0 Å².